The third-order valence-corrected chi connectivity index (χ3v) is 3.47. The minimum Gasteiger partial charge on any atom is -0.324 e. The Morgan fingerprint density at radius 2 is 2.10 bits per heavy atom. The third kappa shape index (κ3) is 3.11. The second kappa shape index (κ2) is 5.79. The Morgan fingerprint density at radius 3 is 2.95 bits per heavy atom. The summed E-state index contributed by atoms with van der Waals surface area (Å²) in [5.74, 6) is 0.0126. The molecule has 0 aliphatic heterocycles. The highest BCUT2D eigenvalue weighted by atomic mass is 16.1. The van der Waals surface area contributed by atoms with Crippen LogP contribution in [0.15, 0.2) is 48.7 Å². The minimum absolute atomic E-state index is 0.0126. The highest BCUT2D eigenvalue weighted by Gasteiger charge is 2.07. The molecule has 1 heterocycles. The summed E-state index contributed by atoms with van der Waals surface area (Å²) in [5.41, 5.74) is 4.04. The topological polar surface area (TPSA) is 57.8 Å². The molecule has 0 saturated heterocycles. The number of carbonyl (C=O) groups excluding carboxylic acids is 1. The van der Waals surface area contributed by atoms with Crippen molar-refractivity contribution < 1.29 is 4.79 Å². The van der Waals surface area contributed by atoms with Gasteiger partial charge in [0.2, 0.25) is 5.91 Å². The Hall–Kier alpha value is -2.62. The molecule has 0 atom stereocenters. The SMILES string of the molecule is Cc1cccc(CCC(=O)Nc2cccc3cn[nH]c23)c1. The molecule has 0 saturated carbocycles. The number of aromatic amines is 1. The van der Waals surface area contributed by atoms with Gasteiger partial charge >= 0.3 is 0 Å². The van der Waals surface area contributed by atoms with Crippen LogP contribution in [0, 0.1) is 6.92 Å². The van der Waals surface area contributed by atoms with Crippen LogP contribution < -0.4 is 5.32 Å². The first kappa shape index (κ1) is 13.4. The molecule has 2 N–H and O–H groups in total. The molecule has 3 rings (SSSR count). The minimum atomic E-state index is 0.0126. The number of aryl methyl sites for hydroxylation is 2. The van der Waals surface area contributed by atoms with Gasteiger partial charge in [-0.05, 0) is 25.0 Å². The van der Waals surface area contributed by atoms with E-state index in [4.69, 9.17) is 0 Å². The lowest BCUT2D eigenvalue weighted by atomic mass is 10.1. The number of hydrogen-bond donors (Lipinski definition) is 2. The Bertz CT molecular complexity index is 776. The summed E-state index contributed by atoms with van der Waals surface area (Å²) in [6.07, 6.45) is 2.96. The van der Waals surface area contributed by atoms with Gasteiger partial charge in [0.05, 0.1) is 17.4 Å². The van der Waals surface area contributed by atoms with Crippen LogP contribution in [0.5, 0.6) is 0 Å². The number of anilines is 1. The van der Waals surface area contributed by atoms with Gasteiger partial charge < -0.3 is 5.32 Å². The van der Waals surface area contributed by atoms with Crippen molar-refractivity contribution in [3.05, 3.63) is 59.8 Å². The molecule has 21 heavy (non-hydrogen) atoms. The molecule has 0 aliphatic carbocycles. The largest absolute Gasteiger partial charge is 0.324 e. The van der Waals surface area contributed by atoms with Gasteiger partial charge in [-0.15, -0.1) is 0 Å². The first-order valence-corrected chi connectivity index (χ1v) is 7.00. The lowest BCUT2D eigenvalue weighted by Gasteiger charge is -2.06. The second-order valence-corrected chi connectivity index (χ2v) is 5.18. The molecule has 1 amide bonds. The molecule has 0 fully saturated rings. The highest BCUT2D eigenvalue weighted by Crippen LogP contribution is 2.20. The van der Waals surface area contributed by atoms with E-state index in [2.05, 4.69) is 40.6 Å². The number of fused-ring (bicyclic) bond motifs is 1. The Balaban J connectivity index is 1.65. The van der Waals surface area contributed by atoms with Crippen molar-refractivity contribution in [2.75, 3.05) is 5.32 Å². The number of nitrogens with zero attached hydrogens (tertiary/aromatic N) is 1. The zero-order valence-electron chi connectivity index (χ0n) is 11.9. The van der Waals surface area contributed by atoms with Crippen LogP contribution in [0.3, 0.4) is 0 Å². The van der Waals surface area contributed by atoms with Gasteiger partial charge in [-0.3, -0.25) is 9.89 Å². The van der Waals surface area contributed by atoms with E-state index in [-0.39, 0.29) is 5.91 Å². The van der Waals surface area contributed by atoms with Crippen molar-refractivity contribution in [2.45, 2.75) is 19.8 Å². The van der Waals surface area contributed by atoms with E-state index in [1.165, 1.54) is 11.1 Å². The molecule has 4 heteroatoms. The quantitative estimate of drug-likeness (QED) is 0.768. The number of para-hydroxylation sites is 1. The van der Waals surface area contributed by atoms with Crippen LogP contribution in [0.25, 0.3) is 10.9 Å². The third-order valence-electron chi connectivity index (χ3n) is 3.47. The van der Waals surface area contributed by atoms with Crippen LogP contribution in [0.2, 0.25) is 0 Å². The molecule has 1 aromatic heterocycles. The average Bonchev–Trinajstić information content (AvgIpc) is 2.95. The van der Waals surface area contributed by atoms with Crippen LogP contribution in [0.4, 0.5) is 5.69 Å². The van der Waals surface area contributed by atoms with Crippen LogP contribution in [-0.2, 0) is 11.2 Å². The summed E-state index contributed by atoms with van der Waals surface area (Å²) in [6.45, 7) is 2.06. The van der Waals surface area contributed by atoms with Crippen molar-refractivity contribution >= 4 is 22.5 Å². The predicted molar refractivity (Wildman–Crippen MR) is 84.2 cm³/mol. The van der Waals surface area contributed by atoms with Gasteiger partial charge in [0, 0.05) is 11.8 Å². The van der Waals surface area contributed by atoms with E-state index < -0.39 is 0 Å². The number of nitrogens with one attached hydrogen (secondary N) is 2. The number of rotatable bonds is 4. The molecule has 0 spiro atoms. The molecule has 0 radical (unpaired) electrons. The molecule has 2 aromatic carbocycles. The molecular weight excluding hydrogens is 262 g/mol. The maximum atomic E-state index is 12.1. The number of carbonyl (C=O) groups is 1. The first-order chi connectivity index (χ1) is 10.2. The fourth-order valence-electron chi connectivity index (χ4n) is 2.41. The molecule has 0 bridgehead atoms. The summed E-state index contributed by atoms with van der Waals surface area (Å²) in [6, 6.07) is 14.0. The van der Waals surface area contributed by atoms with Gasteiger partial charge in [0.15, 0.2) is 0 Å². The van der Waals surface area contributed by atoms with Gasteiger partial charge in [-0.1, -0.05) is 42.0 Å². The molecular formula is C17H17N3O. The van der Waals surface area contributed by atoms with Crippen molar-refractivity contribution in [1.29, 1.82) is 0 Å². The lowest BCUT2D eigenvalue weighted by molar-refractivity contribution is -0.116. The van der Waals surface area contributed by atoms with Crippen molar-refractivity contribution in [3.8, 4) is 0 Å². The summed E-state index contributed by atoms with van der Waals surface area (Å²) in [7, 11) is 0. The van der Waals surface area contributed by atoms with Crippen LogP contribution in [-0.4, -0.2) is 16.1 Å². The lowest BCUT2D eigenvalue weighted by Crippen LogP contribution is -2.12. The average molecular weight is 279 g/mol. The zero-order valence-corrected chi connectivity index (χ0v) is 11.9. The van der Waals surface area contributed by atoms with Gasteiger partial charge in [-0.25, -0.2) is 0 Å². The summed E-state index contributed by atoms with van der Waals surface area (Å²) >= 11 is 0. The molecule has 106 valence electrons. The van der Waals surface area contributed by atoms with E-state index in [0.717, 1.165) is 23.0 Å². The molecule has 4 nitrogen and oxygen atoms in total. The van der Waals surface area contributed by atoms with Crippen LogP contribution >= 0.6 is 0 Å². The van der Waals surface area contributed by atoms with Crippen LogP contribution in [0.1, 0.15) is 17.5 Å². The van der Waals surface area contributed by atoms with E-state index in [9.17, 15) is 4.79 Å². The standard InChI is InChI=1S/C17H17N3O/c1-12-4-2-5-13(10-12)8-9-16(21)19-15-7-3-6-14-11-18-20-17(14)15/h2-7,10-11H,8-9H2,1H3,(H,18,20)(H,19,21). The monoisotopic (exact) mass is 279 g/mol. The van der Waals surface area contributed by atoms with Crippen molar-refractivity contribution in [3.63, 3.8) is 0 Å². The Morgan fingerprint density at radius 1 is 1.24 bits per heavy atom. The maximum Gasteiger partial charge on any atom is 0.224 e. The van der Waals surface area contributed by atoms with Gasteiger partial charge in [0.25, 0.3) is 0 Å². The van der Waals surface area contributed by atoms with E-state index in [1.807, 2.05) is 24.3 Å². The number of amides is 1. The zero-order chi connectivity index (χ0) is 14.7. The molecule has 0 unspecified atom stereocenters. The summed E-state index contributed by atoms with van der Waals surface area (Å²) < 4.78 is 0. The smallest absolute Gasteiger partial charge is 0.224 e. The first-order valence-electron chi connectivity index (χ1n) is 7.00. The molecule has 3 aromatic rings. The second-order valence-electron chi connectivity index (χ2n) is 5.18. The number of benzene rings is 2. The summed E-state index contributed by atoms with van der Waals surface area (Å²) in [4.78, 5) is 12.1. The van der Waals surface area contributed by atoms with E-state index in [0.29, 0.717) is 6.42 Å². The fourth-order valence-corrected chi connectivity index (χ4v) is 2.41. The fraction of sp³-hybridized carbons (Fsp3) is 0.176. The number of aromatic nitrogens is 2. The molecule has 0 aliphatic rings. The number of hydrogen-bond acceptors (Lipinski definition) is 2. The maximum absolute atomic E-state index is 12.1. The summed E-state index contributed by atoms with van der Waals surface area (Å²) in [5, 5.41) is 10.8. The normalized spacial score (nSPS) is 10.7. The Labute approximate surface area is 123 Å². The predicted octanol–water partition coefficient (Wildman–Crippen LogP) is 3.44. The van der Waals surface area contributed by atoms with Gasteiger partial charge in [0.1, 0.15) is 0 Å². The number of H-pyrrole nitrogens is 1. The van der Waals surface area contributed by atoms with Crippen molar-refractivity contribution in [2.24, 2.45) is 0 Å². The van der Waals surface area contributed by atoms with E-state index >= 15 is 0 Å². The highest BCUT2D eigenvalue weighted by molar-refractivity contribution is 6.00. The Kier molecular flexibility index (Phi) is 3.69. The van der Waals surface area contributed by atoms with E-state index in [1.54, 1.807) is 6.20 Å². The van der Waals surface area contributed by atoms with Crippen molar-refractivity contribution in [1.82, 2.24) is 10.2 Å². The van der Waals surface area contributed by atoms with Gasteiger partial charge in [-0.2, -0.15) is 5.10 Å².